The Bertz CT molecular complexity index is 4730. The predicted molar refractivity (Wildman–Crippen MR) is 278 cm³/mol. The van der Waals surface area contributed by atoms with Crippen LogP contribution in [0, 0.1) is 0 Å². The lowest BCUT2D eigenvalue weighted by Gasteiger charge is -2.13. The molecule has 0 unspecified atom stereocenters. The first-order chi connectivity index (χ1) is 39.1. The number of fused-ring (bicyclic) bond motifs is 6. The summed E-state index contributed by atoms with van der Waals surface area (Å²) in [5, 5.41) is -0.934. The van der Waals surface area contributed by atoms with E-state index < -0.39 is 95.3 Å². The van der Waals surface area contributed by atoms with E-state index in [2.05, 4.69) is 30.3 Å². The first-order valence-electron chi connectivity index (χ1n) is 28.3. The van der Waals surface area contributed by atoms with Crippen LogP contribution < -0.4 is 0 Å². The molecule has 3 aromatic heterocycles. The minimum Gasteiger partial charge on any atom is -0.456 e. The highest BCUT2D eigenvalue weighted by Crippen LogP contribution is 2.39. The van der Waals surface area contributed by atoms with Gasteiger partial charge in [0.2, 0.25) is 0 Å². The van der Waals surface area contributed by atoms with Crippen molar-refractivity contribution in [3.63, 3.8) is 0 Å². The Kier molecular flexibility index (Phi) is 6.73. The van der Waals surface area contributed by atoms with Gasteiger partial charge in [-0.3, -0.25) is 0 Å². The van der Waals surface area contributed by atoms with Gasteiger partial charge in [-0.2, -0.15) is 0 Å². The molecule has 13 aromatic rings. The molecule has 13 rings (SSSR count). The molecule has 0 aliphatic rings. The Balaban J connectivity index is 1.01. The molecular weight excluding hydrogens is 831 g/mol. The third kappa shape index (κ3) is 7.20. The number of hydrogen-bond donors (Lipinski definition) is 0. The summed E-state index contributed by atoms with van der Waals surface area (Å²) in [6.45, 7) is 0. The fourth-order valence-corrected chi connectivity index (χ4v) is 8.47. The molecule has 318 valence electrons. The molecule has 0 bridgehead atoms. The minimum atomic E-state index is -0.689. The van der Waals surface area contributed by atoms with Gasteiger partial charge in [0.15, 0.2) is 17.5 Å². The molecule has 0 saturated carbocycles. The smallest absolute Gasteiger partial charge is 0.164 e. The lowest BCUT2D eigenvalue weighted by atomic mass is 9.96. The predicted octanol–water partition coefficient (Wildman–Crippen LogP) is 17.0. The molecule has 0 aliphatic carbocycles. The van der Waals surface area contributed by atoms with Crippen molar-refractivity contribution >= 4 is 43.9 Å². The van der Waals surface area contributed by atoms with Crippen LogP contribution in [0.4, 0.5) is 0 Å². The second-order valence-corrected chi connectivity index (χ2v) is 16.1. The Labute approximate surface area is 410 Å². The number of aromatic nitrogens is 3. The van der Waals surface area contributed by atoms with Gasteiger partial charge >= 0.3 is 0 Å². The molecule has 10 aromatic carbocycles. The fraction of sp³-hybridized carbons (Fsp3) is 0. The van der Waals surface area contributed by atoms with E-state index in [-0.39, 0.29) is 61.3 Å². The van der Waals surface area contributed by atoms with Crippen molar-refractivity contribution < 1.29 is 26.7 Å². The molecule has 0 saturated heterocycles. The van der Waals surface area contributed by atoms with Crippen molar-refractivity contribution in [2.45, 2.75) is 0 Å². The molecule has 0 N–H and O–H groups in total. The van der Waals surface area contributed by atoms with Gasteiger partial charge in [-0.05, 0) is 122 Å². The Morgan fingerprint density at radius 1 is 0.265 bits per heavy atom. The van der Waals surface area contributed by atoms with Crippen molar-refractivity contribution in [2.24, 2.45) is 0 Å². The van der Waals surface area contributed by atoms with Gasteiger partial charge in [-0.25, -0.2) is 15.0 Å². The van der Waals surface area contributed by atoms with Crippen molar-refractivity contribution in [3.8, 4) is 89.8 Å². The zero-order valence-electron chi connectivity index (χ0n) is 48.7. The zero-order chi connectivity index (χ0) is 56.3. The highest BCUT2D eigenvalue weighted by Gasteiger charge is 2.18. The molecule has 0 aliphatic heterocycles. The standard InChI is InChI=1S/C63H39N3O2/c1-4-13-40(14-5-1)45-19-12-20-46(33-45)43-23-25-44(26-24-43)61-64-62(66-63(65-61)52-35-50(41-15-6-2-7-16-41)34-51(36-52)42-17-8-3-9-18-42)49-28-31-55-56-37-47(29-32-58(56)68-60(55)39-49)48-27-30-54-53-21-10-11-22-57(53)67-59(54)38-48/h1-39H/i10D,11D,21D,22D,27D,28D,29D,30D,31D,32D,37D,38D,39D. The van der Waals surface area contributed by atoms with Crippen LogP contribution in [-0.2, 0) is 0 Å². The maximum absolute atomic E-state index is 9.79. The summed E-state index contributed by atoms with van der Waals surface area (Å²) < 4.78 is 130. The van der Waals surface area contributed by atoms with Crippen LogP contribution in [0.1, 0.15) is 17.8 Å². The summed E-state index contributed by atoms with van der Waals surface area (Å²) in [5.41, 5.74) is 6.18. The largest absolute Gasteiger partial charge is 0.456 e. The monoisotopic (exact) mass is 882 g/mol. The summed E-state index contributed by atoms with van der Waals surface area (Å²) in [5.74, 6) is 0.236. The van der Waals surface area contributed by atoms with Crippen LogP contribution in [-0.4, -0.2) is 15.0 Å². The van der Waals surface area contributed by atoms with Gasteiger partial charge in [0.05, 0.1) is 17.8 Å². The maximum atomic E-state index is 9.79. The summed E-state index contributed by atoms with van der Waals surface area (Å²) in [6, 6.07) is 43.9. The molecule has 68 heavy (non-hydrogen) atoms. The first kappa shape index (κ1) is 28.0. The van der Waals surface area contributed by atoms with Crippen LogP contribution in [0.2, 0.25) is 0 Å². The fourth-order valence-electron chi connectivity index (χ4n) is 8.47. The molecule has 0 spiro atoms. The van der Waals surface area contributed by atoms with Gasteiger partial charge in [0.1, 0.15) is 22.3 Å². The van der Waals surface area contributed by atoms with Crippen molar-refractivity contribution in [1.82, 2.24) is 15.0 Å². The van der Waals surface area contributed by atoms with Gasteiger partial charge < -0.3 is 8.83 Å². The number of benzene rings is 10. The zero-order valence-corrected chi connectivity index (χ0v) is 35.7. The van der Waals surface area contributed by atoms with E-state index in [4.69, 9.17) is 32.0 Å². The summed E-state index contributed by atoms with van der Waals surface area (Å²) in [7, 11) is 0. The number of nitrogens with zero attached hydrogens (tertiary/aromatic N) is 3. The van der Waals surface area contributed by atoms with Crippen LogP contribution in [0.25, 0.3) is 134 Å². The van der Waals surface area contributed by atoms with E-state index in [9.17, 15) is 9.60 Å². The van der Waals surface area contributed by atoms with E-state index in [0.717, 1.165) is 44.5 Å². The average Bonchev–Trinajstić information content (AvgIpc) is 3.09. The minimum absolute atomic E-state index is 0.146. The molecule has 0 atom stereocenters. The van der Waals surface area contributed by atoms with Crippen LogP contribution in [0.3, 0.4) is 0 Å². The SMILES string of the molecule is [2H]c1c([2H])c([2H])c2c(oc3c([2H])c(-c4c([2H])c([2H])c5oc6c([2H])c(-c7nc(-c8ccc(-c9cccc(-c%10ccccc%10)c9)cc8)nc(-c8cc(-c9ccccc9)cc(-c9ccccc9)c8)n7)c([2H])c([2H])c6c5c4[2H])c([2H])c([2H])c32)c1[2H]. The number of para-hydroxylation sites is 1. The Morgan fingerprint density at radius 2 is 0.676 bits per heavy atom. The lowest BCUT2D eigenvalue weighted by molar-refractivity contribution is 0.669. The van der Waals surface area contributed by atoms with Crippen molar-refractivity contribution in [2.75, 3.05) is 0 Å². The molecule has 5 heteroatoms. The number of furan rings is 2. The van der Waals surface area contributed by atoms with Gasteiger partial charge in [-0.15, -0.1) is 0 Å². The summed E-state index contributed by atoms with van der Waals surface area (Å²) in [4.78, 5) is 15.0. The molecule has 0 fully saturated rings. The first-order valence-corrected chi connectivity index (χ1v) is 21.8. The van der Waals surface area contributed by atoms with Crippen LogP contribution in [0.15, 0.2) is 245 Å². The van der Waals surface area contributed by atoms with E-state index in [1.54, 1.807) is 0 Å². The van der Waals surface area contributed by atoms with E-state index >= 15 is 0 Å². The summed E-state index contributed by atoms with van der Waals surface area (Å²) >= 11 is 0. The molecule has 3 heterocycles. The normalized spacial score (nSPS) is 14.2. The second kappa shape index (κ2) is 16.4. The Hall–Kier alpha value is -9.19. The third-order valence-electron chi connectivity index (χ3n) is 11.9. The Morgan fingerprint density at radius 3 is 1.32 bits per heavy atom. The lowest BCUT2D eigenvalue weighted by Crippen LogP contribution is -2.00. The van der Waals surface area contributed by atoms with Gasteiger partial charge in [0.25, 0.3) is 0 Å². The maximum Gasteiger partial charge on any atom is 0.164 e. The average molecular weight is 883 g/mol. The van der Waals surface area contributed by atoms with Crippen molar-refractivity contribution in [3.05, 3.63) is 236 Å². The number of hydrogen-bond acceptors (Lipinski definition) is 5. The molecular formula is C63H39N3O2. The third-order valence-corrected chi connectivity index (χ3v) is 11.9. The molecule has 0 amide bonds. The topological polar surface area (TPSA) is 65.0 Å². The molecule has 0 radical (unpaired) electrons. The highest BCUT2D eigenvalue weighted by atomic mass is 16.3. The van der Waals surface area contributed by atoms with Gasteiger partial charge in [0, 0.05) is 38.2 Å². The quantitative estimate of drug-likeness (QED) is 0.152. The summed E-state index contributed by atoms with van der Waals surface area (Å²) in [6.07, 6.45) is 0. The second-order valence-electron chi connectivity index (χ2n) is 16.1. The van der Waals surface area contributed by atoms with E-state index in [0.29, 0.717) is 11.1 Å². The van der Waals surface area contributed by atoms with E-state index in [1.165, 1.54) is 0 Å². The van der Waals surface area contributed by atoms with Gasteiger partial charge in [-0.1, -0.05) is 170 Å². The van der Waals surface area contributed by atoms with E-state index in [1.807, 2.05) is 127 Å². The number of rotatable bonds is 8. The van der Waals surface area contributed by atoms with Crippen molar-refractivity contribution in [1.29, 1.82) is 0 Å². The highest BCUT2D eigenvalue weighted by molar-refractivity contribution is 6.09. The molecule has 5 nitrogen and oxygen atoms in total. The van der Waals surface area contributed by atoms with Crippen LogP contribution >= 0.6 is 0 Å². The van der Waals surface area contributed by atoms with Crippen LogP contribution in [0.5, 0.6) is 0 Å².